The number of hydrogen-bond acceptors (Lipinski definition) is 3. The van der Waals surface area contributed by atoms with Crippen LogP contribution < -0.4 is 5.73 Å². The van der Waals surface area contributed by atoms with Crippen LogP contribution in [0, 0.1) is 5.82 Å². The lowest BCUT2D eigenvalue weighted by molar-refractivity contribution is 0.140. The summed E-state index contributed by atoms with van der Waals surface area (Å²) in [5.41, 5.74) is 6.73. The molecule has 0 aliphatic carbocycles. The van der Waals surface area contributed by atoms with Crippen molar-refractivity contribution in [3.8, 4) is 0 Å². The molecule has 0 amide bonds. The first-order valence-corrected chi connectivity index (χ1v) is 6.46. The second-order valence-electron chi connectivity index (χ2n) is 4.41. The molecular weight excluding hydrogens is 251 g/mol. The number of nitrogens with zero attached hydrogens (tertiary/aromatic N) is 1. The summed E-state index contributed by atoms with van der Waals surface area (Å²) in [6, 6.07) is 4.94. The summed E-state index contributed by atoms with van der Waals surface area (Å²) in [4.78, 5) is 2.43. The first kappa shape index (κ1) is 13.4. The first-order valence-electron chi connectivity index (χ1n) is 6.05. The summed E-state index contributed by atoms with van der Waals surface area (Å²) in [7, 11) is 0. The van der Waals surface area contributed by atoms with Gasteiger partial charge < -0.3 is 10.5 Å². The van der Waals surface area contributed by atoms with E-state index in [-0.39, 0.29) is 10.8 Å². The van der Waals surface area contributed by atoms with Gasteiger partial charge in [-0.3, -0.25) is 4.90 Å². The number of thiocarbonyl (C=S) groups is 1. The quantitative estimate of drug-likeness (QED) is 0.847. The van der Waals surface area contributed by atoms with E-state index in [1.807, 2.05) is 0 Å². The van der Waals surface area contributed by atoms with Gasteiger partial charge in [-0.15, -0.1) is 0 Å². The van der Waals surface area contributed by atoms with Crippen molar-refractivity contribution in [2.24, 2.45) is 5.73 Å². The average molecular weight is 268 g/mol. The molecule has 2 rings (SSSR count). The van der Waals surface area contributed by atoms with E-state index >= 15 is 0 Å². The van der Waals surface area contributed by atoms with Crippen LogP contribution in [0.4, 0.5) is 4.39 Å². The van der Waals surface area contributed by atoms with E-state index in [0.717, 1.165) is 26.1 Å². The van der Waals surface area contributed by atoms with Crippen LogP contribution >= 0.6 is 12.2 Å². The zero-order chi connectivity index (χ0) is 13.0. The third kappa shape index (κ3) is 3.48. The minimum atomic E-state index is -0.245. The fraction of sp³-hybridized carbons (Fsp3) is 0.462. The molecule has 1 saturated heterocycles. The van der Waals surface area contributed by atoms with Crippen molar-refractivity contribution in [3.63, 3.8) is 0 Å². The van der Waals surface area contributed by atoms with E-state index in [2.05, 4.69) is 4.90 Å². The normalized spacial score (nSPS) is 17.4. The number of nitrogens with two attached hydrogens (primary N) is 1. The molecule has 0 aromatic heterocycles. The largest absolute Gasteiger partial charge is 0.389 e. The monoisotopic (exact) mass is 268 g/mol. The maximum Gasteiger partial charge on any atom is 0.128 e. The highest BCUT2D eigenvalue weighted by atomic mass is 32.1. The SMILES string of the molecule is NC(=S)c1ccc(CN2CCCOCC2)c(F)c1. The molecule has 98 valence electrons. The Bertz CT molecular complexity index is 431. The van der Waals surface area contributed by atoms with Crippen LogP contribution in [0.2, 0.25) is 0 Å². The van der Waals surface area contributed by atoms with Crippen LogP contribution in [0.15, 0.2) is 18.2 Å². The fourth-order valence-corrected chi connectivity index (χ4v) is 2.15. The lowest BCUT2D eigenvalue weighted by atomic mass is 10.1. The second kappa shape index (κ2) is 6.22. The molecule has 1 aromatic carbocycles. The maximum absolute atomic E-state index is 13.9. The van der Waals surface area contributed by atoms with Gasteiger partial charge in [-0.05, 0) is 12.5 Å². The fourth-order valence-electron chi connectivity index (χ4n) is 2.03. The smallest absolute Gasteiger partial charge is 0.128 e. The van der Waals surface area contributed by atoms with Gasteiger partial charge in [0.1, 0.15) is 10.8 Å². The van der Waals surface area contributed by atoms with Gasteiger partial charge in [0.15, 0.2) is 0 Å². The Hall–Kier alpha value is -1.04. The second-order valence-corrected chi connectivity index (χ2v) is 4.85. The van der Waals surface area contributed by atoms with Crippen LogP contribution in [-0.4, -0.2) is 36.2 Å². The number of hydrogen-bond donors (Lipinski definition) is 1. The predicted octanol–water partition coefficient (Wildman–Crippen LogP) is 1.68. The highest BCUT2D eigenvalue weighted by molar-refractivity contribution is 7.80. The molecule has 1 heterocycles. The van der Waals surface area contributed by atoms with Crippen molar-refractivity contribution in [2.75, 3.05) is 26.3 Å². The van der Waals surface area contributed by atoms with Crippen molar-refractivity contribution in [3.05, 3.63) is 35.1 Å². The lowest BCUT2D eigenvalue weighted by Gasteiger charge is -2.19. The molecule has 0 spiro atoms. The topological polar surface area (TPSA) is 38.5 Å². The number of rotatable bonds is 3. The molecule has 0 radical (unpaired) electrons. The Morgan fingerprint density at radius 2 is 2.22 bits per heavy atom. The highest BCUT2D eigenvalue weighted by Crippen LogP contribution is 2.14. The Morgan fingerprint density at radius 1 is 1.39 bits per heavy atom. The molecule has 0 unspecified atom stereocenters. The lowest BCUT2D eigenvalue weighted by Crippen LogP contribution is -2.26. The minimum absolute atomic E-state index is 0.226. The molecule has 18 heavy (non-hydrogen) atoms. The summed E-state index contributed by atoms with van der Waals surface area (Å²) in [5, 5.41) is 0. The van der Waals surface area contributed by atoms with E-state index in [0.29, 0.717) is 24.3 Å². The minimum Gasteiger partial charge on any atom is -0.389 e. The molecule has 0 bridgehead atoms. The summed E-state index contributed by atoms with van der Waals surface area (Å²) in [6.45, 7) is 3.89. The third-order valence-electron chi connectivity index (χ3n) is 3.05. The van der Waals surface area contributed by atoms with Crippen LogP contribution in [0.5, 0.6) is 0 Å². The molecule has 1 aliphatic heterocycles. The summed E-state index contributed by atoms with van der Waals surface area (Å²) in [5.74, 6) is -0.245. The zero-order valence-electron chi connectivity index (χ0n) is 10.2. The van der Waals surface area contributed by atoms with E-state index < -0.39 is 0 Å². The third-order valence-corrected chi connectivity index (χ3v) is 3.28. The van der Waals surface area contributed by atoms with Gasteiger partial charge in [-0.1, -0.05) is 24.4 Å². The van der Waals surface area contributed by atoms with E-state index in [4.69, 9.17) is 22.7 Å². The predicted molar refractivity (Wildman–Crippen MR) is 73.0 cm³/mol. The van der Waals surface area contributed by atoms with Crippen molar-refractivity contribution in [1.29, 1.82) is 0 Å². The van der Waals surface area contributed by atoms with Crippen LogP contribution in [0.25, 0.3) is 0 Å². The number of benzene rings is 1. The van der Waals surface area contributed by atoms with Crippen LogP contribution in [0.1, 0.15) is 17.5 Å². The Labute approximate surface area is 112 Å². The summed E-state index contributed by atoms with van der Waals surface area (Å²) < 4.78 is 19.3. The molecule has 3 nitrogen and oxygen atoms in total. The standard InChI is InChI=1S/C13H17FN2OS/c14-12-8-10(13(15)18)2-3-11(12)9-16-4-1-6-17-7-5-16/h2-3,8H,1,4-7,9H2,(H2,15,18). The molecule has 2 N–H and O–H groups in total. The molecular formula is C13H17FN2OS. The zero-order valence-corrected chi connectivity index (χ0v) is 11.0. The highest BCUT2D eigenvalue weighted by Gasteiger charge is 2.12. The first-order chi connectivity index (χ1) is 8.66. The number of halogens is 1. The van der Waals surface area contributed by atoms with E-state index in [1.165, 1.54) is 6.07 Å². The average Bonchev–Trinajstić information content (AvgIpc) is 2.60. The Balaban J connectivity index is 2.06. The Kier molecular flexibility index (Phi) is 4.63. The van der Waals surface area contributed by atoms with Gasteiger partial charge in [0, 0.05) is 37.4 Å². The number of ether oxygens (including phenoxy) is 1. The van der Waals surface area contributed by atoms with Gasteiger partial charge in [0.05, 0.1) is 6.61 Å². The van der Waals surface area contributed by atoms with Crippen molar-refractivity contribution < 1.29 is 9.13 Å². The summed E-state index contributed by atoms with van der Waals surface area (Å²) >= 11 is 4.83. The molecule has 0 atom stereocenters. The van der Waals surface area contributed by atoms with Gasteiger partial charge in [-0.2, -0.15) is 0 Å². The molecule has 5 heteroatoms. The van der Waals surface area contributed by atoms with Gasteiger partial charge in [0.25, 0.3) is 0 Å². The molecule has 1 fully saturated rings. The summed E-state index contributed by atoms with van der Waals surface area (Å²) in [6.07, 6.45) is 0.993. The van der Waals surface area contributed by atoms with E-state index in [1.54, 1.807) is 12.1 Å². The van der Waals surface area contributed by atoms with Gasteiger partial charge in [0.2, 0.25) is 0 Å². The van der Waals surface area contributed by atoms with Crippen LogP contribution in [-0.2, 0) is 11.3 Å². The Morgan fingerprint density at radius 3 is 2.94 bits per heavy atom. The van der Waals surface area contributed by atoms with Gasteiger partial charge in [-0.25, -0.2) is 4.39 Å². The molecule has 0 saturated carbocycles. The van der Waals surface area contributed by atoms with E-state index in [9.17, 15) is 4.39 Å². The molecule has 1 aliphatic rings. The van der Waals surface area contributed by atoms with Crippen molar-refractivity contribution in [1.82, 2.24) is 4.90 Å². The molecule has 1 aromatic rings. The van der Waals surface area contributed by atoms with Crippen LogP contribution in [0.3, 0.4) is 0 Å². The van der Waals surface area contributed by atoms with Crippen molar-refractivity contribution in [2.45, 2.75) is 13.0 Å². The van der Waals surface area contributed by atoms with Gasteiger partial charge >= 0.3 is 0 Å². The van der Waals surface area contributed by atoms with Crippen molar-refractivity contribution >= 4 is 17.2 Å². The maximum atomic E-state index is 13.9.